The van der Waals surface area contributed by atoms with Gasteiger partial charge in [-0.25, -0.2) is 4.99 Å². The quantitative estimate of drug-likeness (QED) is 0.273. The lowest BCUT2D eigenvalue weighted by Crippen LogP contribution is -2.50. The van der Waals surface area contributed by atoms with Gasteiger partial charge in [-0.15, -0.1) is 0 Å². The zero-order valence-electron chi connectivity index (χ0n) is 24.8. The Morgan fingerprint density at radius 1 is 1.10 bits per heavy atom. The summed E-state index contributed by atoms with van der Waals surface area (Å²) in [5.74, 6) is 0.274. The van der Waals surface area contributed by atoms with E-state index in [1.807, 2.05) is 63.2 Å². The van der Waals surface area contributed by atoms with E-state index in [1.54, 1.807) is 12.1 Å². The van der Waals surface area contributed by atoms with Crippen molar-refractivity contribution in [2.45, 2.75) is 57.3 Å². The molecule has 2 aromatic rings. The summed E-state index contributed by atoms with van der Waals surface area (Å²) in [6.45, 7) is 10.0. The van der Waals surface area contributed by atoms with Crippen molar-refractivity contribution in [3.8, 4) is 5.75 Å². The predicted octanol–water partition coefficient (Wildman–Crippen LogP) is 3.28. The molecule has 0 aromatic heterocycles. The van der Waals surface area contributed by atoms with Crippen LogP contribution in [0.3, 0.4) is 0 Å². The fourth-order valence-corrected chi connectivity index (χ4v) is 4.99. The fraction of sp³-hybridized carbons (Fsp3) is 0.531. The second kappa shape index (κ2) is 14.6. The Labute approximate surface area is 248 Å². The third-order valence-electron chi connectivity index (χ3n) is 7.08. The summed E-state index contributed by atoms with van der Waals surface area (Å²) in [7, 11) is 0. The van der Waals surface area contributed by atoms with Crippen molar-refractivity contribution in [2.24, 2.45) is 4.99 Å². The highest BCUT2D eigenvalue weighted by Gasteiger charge is 2.53. The number of amides is 1. The number of aliphatic hydroxyl groups is 1. The highest BCUT2D eigenvalue weighted by molar-refractivity contribution is 6.01. The topological polar surface area (TPSA) is 119 Å². The zero-order valence-corrected chi connectivity index (χ0v) is 24.8. The van der Waals surface area contributed by atoms with Crippen LogP contribution in [0, 0.1) is 0 Å². The molecule has 2 aromatic carbocycles. The van der Waals surface area contributed by atoms with Gasteiger partial charge in [0.25, 0.3) is 5.91 Å². The van der Waals surface area contributed by atoms with E-state index in [9.17, 15) is 9.59 Å². The SMILES string of the molecule is CC(C)(C)OC(=O)CC[C@@]1(C(=O)NCCN2CCOCC2)N=C(c2ccc(OCCCO)cc2)O[C@@H]1c1ccccc1. The third kappa shape index (κ3) is 8.53. The molecule has 2 N–H and O–H groups in total. The number of benzene rings is 2. The minimum absolute atomic E-state index is 0.00470. The summed E-state index contributed by atoms with van der Waals surface area (Å²) in [6.07, 6.45) is -0.108. The van der Waals surface area contributed by atoms with E-state index in [0.29, 0.717) is 56.5 Å². The van der Waals surface area contributed by atoms with Gasteiger partial charge in [0.1, 0.15) is 11.4 Å². The fourth-order valence-electron chi connectivity index (χ4n) is 4.99. The molecule has 2 heterocycles. The van der Waals surface area contributed by atoms with E-state index in [1.165, 1.54) is 0 Å². The number of ether oxygens (including phenoxy) is 4. The van der Waals surface area contributed by atoms with Gasteiger partial charge in [0.2, 0.25) is 5.90 Å². The molecule has 2 aliphatic rings. The first-order valence-electron chi connectivity index (χ1n) is 14.7. The van der Waals surface area contributed by atoms with Gasteiger partial charge in [0.15, 0.2) is 11.6 Å². The molecule has 1 saturated heterocycles. The summed E-state index contributed by atoms with van der Waals surface area (Å²) in [6, 6.07) is 16.8. The van der Waals surface area contributed by atoms with E-state index < -0.39 is 23.2 Å². The first kappa shape index (κ1) is 31.5. The van der Waals surface area contributed by atoms with Gasteiger partial charge in [-0.05, 0) is 57.0 Å². The maximum Gasteiger partial charge on any atom is 0.306 e. The second-order valence-corrected chi connectivity index (χ2v) is 11.5. The van der Waals surface area contributed by atoms with E-state index >= 15 is 0 Å². The molecule has 2 atom stereocenters. The van der Waals surface area contributed by atoms with Crippen molar-refractivity contribution in [1.82, 2.24) is 10.2 Å². The van der Waals surface area contributed by atoms with Crippen molar-refractivity contribution in [3.63, 3.8) is 0 Å². The van der Waals surface area contributed by atoms with Crippen LogP contribution in [0.15, 0.2) is 59.6 Å². The number of nitrogens with one attached hydrogen (secondary N) is 1. The largest absolute Gasteiger partial charge is 0.494 e. The highest BCUT2D eigenvalue weighted by atomic mass is 16.6. The molecule has 0 radical (unpaired) electrons. The number of carbonyl (C=O) groups is 2. The summed E-state index contributed by atoms with van der Waals surface area (Å²) >= 11 is 0. The standard InChI is InChI=1S/C32H43N3O7/c1-31(2,3)42-27(37)14-15-32(30(38)33-16-17-35-18-22-39-23-19-35)28(24-8-5-4-6-9-24)41-29(34-32)25-10-12-26(13-11-25)40-21-7-20-36/h4-6,8-13,28,36H,7,14-23H2,1-3H3,(H,33,38)/t28-,32-/m1/s1. The molecule has 0 aliphatic carbocycles. The molecule has 0 spiro atoms. The monoisotopic (exact) mass is 581 g/mol. The Bertz CT molecular complexity index is 1190. The minimum Gasteiger partial charge on any atom is -0.494 e. The van der Waals surface area contributed by atoms with Crippen LogP contribution in [0.25, 0.3) is 0 Å². The number of rotatable bonds is 13. The molecule has 1 amide bonds. The molecular weight excluding hydrogens is 538 g/mol. The smallest absolute Gasteiger partial charge is 0.306 e. The molecular formula is C32H43N3O7. The Hall–Kier alpha value is -3.47. The number of hydrogen-bond acceptors (Lipinski definition) is 9. The van der Waals surface area contributed by atoms with E-state index in [4.69, 9.17) is 29.0 Å². The molecule has 0 saturated carbocycles. The van der Waals surface area contributed by atoms with Crippen molar-refractivity contribution in [3.05, 3.63) is 65.7 Å². The first-order valence-corrected chi connectivity index (χ1v) is 14.7. The van der Waals surface area contributed by atoms with Gasteiger partial charge < -0.3 is 29.4 Å². The number of esters is 1. The molecule has 4 rings (SSSR count). The van der Waals surface area contributed by atoms with Crippen LogP contribution in [-0.2, 0) is 23.8 Å². The minimum atomic E-state index is -1.39. The Kier molecular flexibility index (Phi) is 11.0. The van der Waals surface area contributed by atoms with Crippen molar-refractivity contribution in [2.75, 3.05) is 52.6 Å². The van der Waals surface area contributed by atoms with Gasteiger partial charge in [-0.1, -0.05) is 30.3 Å². The van der Waals surface area contributed by atoms with Crippen LogP contribution in [0.2, 0.25) is 0 Å². The molecule has 0 bridgehead atoms. The van der Waals surface area contributed by atoms with E-state index in [-0.39, 0.29) is 25.4 Å². The number of aliphatic imine (C=N–C) groups is 1. The van der Waals surface area contributed by atoms with Crippen LogP contribution in [0.4, 0.5) is 0 Å². The molecule has 10 heteroatoms. The molecule has 228 valence electrons. The average Bonchev–Trinajstić information content (AvgIpc) is 3.38. The van der Waals surface area contributed by atoms with Crippen LogP contribution in [-0.4, -0.2) is 91.5 Å². The van der Waals surface area contributed by atoms with Crippen LogP contribution in [0.1, 0.15) is 57.3 Å². The summed E-state index contributed by atoms with van der Waals surface area (Å²) in [5, 5.41) is 12.1. The van der Waals surface area contributed by atoms with Gasteiger partial charge in [0, 0.05) is 51.2 Å². The second-order valence-electron chi connectivity index (χ2n) is 11.5. The van der Waals surface area contributed by atoms with E-state index in [2.05, 4.69) is 10.2 Å². The van der Waals surface area contributed by atoms with Gasteiger partial charge >= 0.3 is 5.97 Å². The van der Waals surface area contributed by atoms with Gasteiger partial charge in [-0.3, -0.25) is 14.5 Å². The van der Waals surface area contributed by atoms with Gasteiger partial charge in [0.05, 0.1) is 19.8 Å². The Balaban J connectivity index is 1.63. The molecule has 1 fully saturated rings. The van der Waals surface area contributed by atoms with Gasteiger partial charge in [-0.2, -0.15) is 0 Å². The Morgan fingerprint density at radius 2 is 1.81 bits per heavy atom. The maximum atomic E-state index is 14.1. The molecule has 2 aliphatic heterocycles. The molecule has 42 heavy (non-hydrogen) atoms. The van der Waals surface area contributed by atoms with Crippen molar-refractivity contribution in [1.29, 1.82) is 0 Å². The summed E-state index contributed by atoms with van der Waals surface area (Å²) in [4.78, 5) is 34.2. The highest BCUT2D eigenvalue weighted by Crippen LogP contribution is 2.43. The average molecular weight is 582 g/mol. The van der Waals surface area contributed by atoms with Crippen molar-refractivity contribution >= 4 is 17.8 Å². The van der Waals surface area contributed by atoms with Crippen molar-refractivity contribution < 1.29 is 33.6 Å². The number of carbonyl (C=O) groups excluding carboxylic acids is 2. The normalized spacial score (nSPS) is 20.9. The number of aliphatic hydroxyl groups excluding tert-OH is 1. The lowest BCUT2D eigenvalue weighted by Gasteiger charge is -2.32. The molecule has 0 unspecified atom stereocenters. The number of morpholine rings is 1. The van der Waals surface area contributed by atoms with E-state index in [0.717, 1.165) is 18.7 Å². The lowest BCUT2D eigenvalue weighted by atomic mass is 9.83. The first-order chi connectivity index (χ1) is 20.2. The molecule has 10 nitrogen and oxygen atoms in total. The predicted molar refractivity (Wildman–Crippen MR) is 159 cm³/mol. The maximum absolute atomic E-state index is 14.1. The van der Waals surface area contributed by atoms with Crippen LogP contribution >= 0.6 is 0 Å². The number of hydrogen-bond donors (Lipinski definition) is 2. The number of nitrogens with zero attached hydrogens (tertiary/aromatic N) is 2. The summed E-state index contributed by atoms with van der Waals surface area (Å²) < 4.78 is 23.2. The Morgan fingerprint density at radius 3 is 2.48 bits per heavy atom. The zero-order chi connectivity index (χ0) is 30.0. The third-order valence-corrected chi connectivity index (χ3v) is 7.08. The van der Waals surface area contributed by atoms with Crippen LogP contribution in [0.5, 0.6) is 5.75 Å². The summed E-state index contributed by atoms with van der Waals surface area (Å²) in [5.41, 5.74) is -0.571. The lowest BCUT2D eigenvalue weighted by molar-refractivity contribution is -0.155. The van der Waals surface area contributed by atoms with Crippen LogP contribution < -0.4 is 10.1 Å².